The van der Waals surface area contributed by atoms with E-state index in [4.69, 9.17) is 10.8 Å². The van der Waals surface area contributed by atoms with Gasteiger partial charge in [0.05, 0.1) is 6.04 Å². The Morgan fingerprint density at radius 2 is 1.77 bits per heavy atom. The molecule has 148 valence electrons. The Morgan fingerprint density at radius 1 is 1.15 bits per heavy atom. The summed E-state index contributed by atoms with van der Waals surface area (Å²) in [5.41, 5.74) is 5.93. The number of amides is 3. The maximum absolute atomic E-state index is 12.7. The molecule has 0 bridgehead atoms. The van der Waals surface area contributed by atoms with Crippen LogP contribution in [0.5, 0.6) is 0 Å². The van der Waals surface area contributed by atoms with Crippen molar-refractivity contribution in [1.29, 1.82) is 0 Å². The third kappa shape index (κ3) is 5.69. The van der Waals surface area contributed by atoms with Crippen LogP contribution in [0.1, 0.15) is 40.5 Å². The smallest absolute Gasteiger partial charge is 0.322 e. The first kappa shape index (κ1) is 21.9. The Labute approximate surface area is 153 Å². The second-order valence-corrected chi connectivity index (χ2v) is 7.30. The third-order valence-electron chi connectivity index (χ3n) is 4.50. The predicted molar refractivity (Wildman–Crippen MR) is 95.0 cm³/mol. The molecule has 0 radical (unpaired) electrons. The molecule has 26 heavy (non-hydrogen) atoms. The van der Waals surface area contributed by atoms with Crippen LogP contribution in [0.3, 0.4) is 0 Å². The van der Waals surface area contributed by atoms with E-state index in [1.165, 1.54) is 4.90 Å². The molecule has 0 aliphatic carbocycles. The summed E-state index contributed by atoms with van der Waals surface area (Å²) >= 11 is 0. The number of nitrogens with zero attached hydrogens (tertiary/aromatic N) is 1. The largest absolute Gasteiger partial charge is 0.480 e. The van der Waals surface area contributed by atoms with Gasteiger partial charge in [0, 0.05) is 6.54 Å². The molecule has 0 spiro atoms. The van der Waals surface area contributed by atoms with Crippen molar-refractivity contribution in [2.24, 2.45) is 17.6 Å². The molecule has 0 saturated carbocycles. The molecule has 1 rings (SSSR count). The molecule has 1 aliphatic heterocycles. The van der Waals surface area contributed by atoms with Crippen molar-refractivity contribution in [1.82, 2.24) is 15.5 Å². The lowest BCUT2D eigenvalue weighted by atomic mass is 10.0. The average molecular weight is 370 g/mol. The lowest BCUT2D eigenvalue weighted by molar-refractivity contribution is -0.141. The Hall–Kier alpha value is -2.16. The molecule has 0 aromatic rings. The predicted octanol–water partition coefficient (Wildman–Crippen LogP) is -0.698. The Morgan fingerprint density at radius 3 is 2.27 bits per heavy atom. The normalized spacial score (nSPS) is 19.3. The van der Waals surface area contributed by atoms with Gasteiger partial charge < -0.3 is 26.4 Å². The van der Waals surface area contributed by atoms with Gasteiger partial charge in [-0.25, -0.2) is 0 Å². The van der Waals surface area contributed by atoms with E-state index in [0.29, 0.717) is 19.4 Å². The van der Waals surface area contributed by atoms with Crippen molar-refractivity contribution < 1.29 is 24.3 Å². The number of aliphatic carboxylic acids is 1. The van der Waals surface area contributed by atoms with Crippen LogP contribution in [0.2, 0.25) is 0 Å². The molecule has 9 heteroatoms. The van der Waals surface area contributed by atoms with Gasteiger partial charge in [-0.05, 0) is 24.7 Å². The standard InChI is InChI=1S/C17H30N4O5/c1-9(2)13(18)17(26)21-7-5-6-11(21)15(24)20-14(10(3)4)16(25)19-8-12(22)23/h9-11,13-14H,5-8,18H2,1-4H3,(H,19,25)(H,20,24)(H,22,23). The first-order valence-electron chi connectivity index (χ1n) is 8.92. The number of carboxylic acid groups (broad SMARTS) is 1. The number of likely N-dealkylation sites (tertiary alicyclic amines) is 1. The van der Waals surface area contributed by atoms with Crippen LogP contribution in [-0.4, -0.2) is 64.9 Å². The summed E-state index contributed by atoms with van der Waals surface area (Å²) in [4.78, 5) is 49.4. The van der Waals surface area contributed by atoms with Gasteiger partial charge in [-0.2, -0.15) is 0 Å². The van der Waals surface area contributed by atoms with Crippen molar-refractivity contribution >= 4 is 23.7 Å². The van der Waals surface area contributed by atoms with Crippen molar-refractivity contribution in [3.8, 4) is 0 Å². The van der Waals surface area contributed by atoms with Gasteiger partial charge in [0.25, 0.3) is 0 Å². The second-order valence-electron chi connectivity index (χ2n) is 7.30. The molecular formula is C17H30N4O5. The number of nitrogens with two attached hydrogens (primary N) is 1. The lowest BCUT2D eigenvalue weighted by Crippen LogP contribution is -2.57. The van der Waals surface area contributed by atoms with E-state index in [0.717, 1.165) is 0 Å². The number of carbonyl (C=O) groups excluding carboxylic acids is 3. The molecule has 1 heterocycles. The van der Waals surface area contributed by atoms with Gasteiger partial charge in [-0.1, -0.05) is 27.7 Å². The van der Waals surface area contributed by atoms with Crippen LogP contribution < -0.4 is 16.4 Å². The first-order valence-corrected chi connectivity index (χ1v) is 8.92. The van der Waals surface area contributed by atoms with E-state index in [-0.39, 0.29) is 17.7 Å². The number of carboxylic acids is 1. The molecule has 0 aromatic carbocycles. The SMILES string of the molecule is CC(C)C(N)C(=O)N1CCCC1C(=O)NC(C(=O)NCC(=O)O)C(C)C. The number of hydrogen-bond acceptors (Lipinski definition) is 5. The van der Waals surface area contributed by atoms with E-state index >= 15 is 0 Å². The van der Waals surface area contributed by atoms with Crippen LogP contribution in [-0.2, 0) is 19.2 Å². The second kappa shape index (κ2) is 9.51. The van der Waals surface area contributed by atoms with Crippen LogP contribution in [0, 0.1) is 11.8 Å². The zero-order valence-corrected chi connectivity index (χ0v) is 15.8. The molecule has 0 aromatic heterocycles. The number of nitrogens with one attached hydrogen (secondary N) is 2. The summed E-state index contributed by atoms with van der Waals surface area (Å²) in [6.45, 7) is 7.11. The maximum atomic E-state index is 12.7. The fraction of sp³-hybridized carbons (Fsp3) is 0.765. The average Bonchev–Trinajstić information content (AvgIpc) is 3.05. The minimum atomic E-state index is -1.16. The van der Waals surface area contributed by atoms with Gasteiger partial charge in [0.15, 0.2) is 0 Å². The number of carbonyl (C=O) groups is 4. The van der Waals surface area contributed by atoms with Crippen LogP contribution >= 0.6 is 0 Å². The highest BCUT2D eigenvalue weighted by molar-refractivity contribution is 5.94. The number of rotatable bonds is 8. The van der Waals surface area contributed by atoms with E-state index in [9.17, 15) is 19.2 Å². The molecule has 3 amide bonds. The van der Waals surface area contributed by atoms with Crippen LogP contribution in [0.15, 0.2) is 0 Å². The summed E-state index contributed by atoms with van der Waals surface area (Å²) in [5.74, 6) is -2.70. The van der Waals surface area contributed by atoms with Crippen LogP contribution in [0.25, 0.3) is 0 Å². The Balaban J connectivity index is 2.80. The first-order chi connectivity index (χ1) is 12.1. The zero-order valence-electron chi connectivity index (χ0n) is 15.8. The Kier molecular flexibility index (Phi) is 8.01. The van der Waals surface area contributed by atoms with Gasteiger partial charge in [0.1, 0.15) is 18.6 Å². The molecule has 5 N–H and O–H groups in total. The molecule has 1 aliphatic rings. The molecule has 9 nitrogen and oxygen atoms in total. The maximum Gasteiger partial charge on any atom is 0.322 e. The lowest BCUT2D eigenvalue weighted by Gasteiger charge is -2.30. The van der Waals surface area contributed by atoms with E-state index in [2.05, 4.69) is 10.6 Å². The molecule has 3 atom stereocenters. The molecule has 3 unspecified atom stereocenters. The fourth-order valence-corrected chi connectivity index (χ4v) is 2.84. The van der Waals surface area contributed by atoms with E-state index in [1.54, 1.807) is 13.8 Å². The summed E-state index contributed by atoms with van der Waals surface area (Å²) in [5, 5.41) is 13.6. The van der Waals surface area contributed by atoms with Crippen molar-refractivity contribution in [2.45, 2.75) is 58.7 Å². The molecule has 1 saturated heterocycles. The monoisotopic (exact) mass is 370 g/mol. The van der Waals surface area contributed by atoms with E-state index < -0.39 is 42.5 Å². The summed E-state index contributed by atoms with van der Waals surface area (Å²) in [6.07, 6.45) is 1.19. The highest BCUT2D eigenvalue weighted by Gasteiger charge is 2.38. The van der Waals surface area contributed by atoms with Gasteiger partial charge in [-0.3, -0.25) is 19.2 Å². The summed E-state index contributed by atoms with van der Waals surface area (Å²) in [6, 6.07) is -2.22. The van der Waals surface area contributed by atoms with Gasteiger partial charge in [-0.15, -0.1) is 0 Å². The minimum absolute atomic E-state index is 0.0444. The molecular weight excluding hydrogens is 340 g/mol. The topological polar surface area (TPSA) is 142 Å². The number of hydrogen-bond donors (Lipinski definition) is 4. The van der Waals surface area contributed by atoms with E-state index in [1.807, 2.05) is 13.8 Å². The Bertz CT molecular complexity index is 549. The quantitative estimate of drug-likeness (QED) is 0.445. The highest BCUT2D eigenvalue weighted by atomic mass is 16.4. The van der Waals surface area contributed by atoms with Gasteiger partial charge >= 0.3 is 5.97 Å². The van der Waals surface area contributed by atoms with Crippen molar-refractivity contribution in [3.05, 3.63) is 0 Å². The highest BCUT2D eigenvalue weighted by Crippen LogP contribution is 2.20. The third-order valence-corrected chi connectivity index (χ3v) is 4.50. The summed E-state index contributed by atoms with van der Waals surface area (Å²) < 4.78 is 0. The summed E-state index contributed by atoms with van der Waals surface area (Å²) in [7, 11) is 0. The molecule has 1 fully saturated rings. The van der Waals surface area contributed by atoms with Crippen molar-refractivity contribution in [2.75, 3.05) is 13.1 Å². The zero-order chi connectivity index (χ0) is 20.0. The fourth-order valence-electron chi connectivity index (χ4n) is 2.84. The van der Waals surface area contributed by atoms with Crippen molar-refractivity contribution in [3.63, 3.8) is 0 Å². The van der Waals surface area contributed by atoms with Crippen LogP contribution in [0.4, 0.5) is 0 Å². The minimum Gasteiger partial charge on any atom is -0.480 e. The van der Waals surface area contributed by atoms with Gasteiger partial charge in [0.2, 0.25) is 17.7 Å².